The molecule has 4 aliphatic rings. The first-order chi connectivity index (χ1) is 13.0. The minimum absolute atomic E-state index is 0. The maximum absolute atomic E-state index is 11.2. The molecule has 0 aromatic heterocycles. The van der Waals surface area contributed by atoms with Crippen LogP contribution in [0, 0.1) is 0 Å². The van der Waals surface area contributed by atoms with Gasteiger partial charge in [-0.1, -0.05) is 0 Å². The lowest BCUT2D eigenvalue weighted by molar-refractivity contribution is -0.939. The molecule has 0 saturated heterocycles. The van der Waals surface area contributed by atoms with Crippen LogP contribution >= 0.6 is 0 Å². The number of likely N-dealkylation sites (N-methyl/N-ethyl adjacent to an activating group) is 1. The Kier molecular flexibility index (Phi) is 4.02. The quantitative estimate of drug-likeness (QED) is 0.394. The van der Waals surface area contributed by atoms with Gasteiger partial charge in [0.05, 0.1) is 26.1 Å². The Bertz CT molecular complexity index is 976. The summed E-state index contributed by atoms with van der Waals surface area (Å²) in [6.45, 7) is 1.40. The number of hydrogen-bond acceptors (Lipinski definition) is 5. The molecule has 3 unspecified atom stereocenters. The summed E-state index contributed by atoms with van der Waals surface area (Å²) in [5.41, 5.74) is 4.82. The number of halogens is 1. The molecule has 148 valence electrons. The van der Waals surface area contributed by atoms with Gasteiger partial charge < -0.3 is 52.5 Å². The van der Waals surface area contributed by atoms with E-state index in [0.29, 0.717) is 6.42 Å². The van der Waals surface area contributed by atoms with Crippen molar-refractivity contribution in [3.63, 3.8) is 0 Å². The van der Waals surface area contributed by atoms with Gasteiger partial charge in [0.15, 0.2) is 23.0 Å². The monoisotopic (exact) mass is 495 g/mol. The van der Waals surface area contributed by atoms with E-state index in [1.165, 1.54) is 16.7 Å². The van der Waals surface area contributed by atoms with Crippen molar-refractivity contribution in [2.24, 2.45) is 0 Å². The maximum atomic E-state index is 11.2. The van der Waals surface area contributed by atoms with Gasteiger partial charge in [-0.3, -0.25) is 0 Å². The van der Waals surface area contributed by atoms with Crippen LogP contribution in [-0.4, -0.2) is 43.4 Å². The standard InChI is InChI=1S/C21H22NO5.HI/c1-22(2)8-12-5-17-18(26-10-25-17)6-13(12)20-15(23)3-11-4-16-19(27-9-24-16)7-14(11)21(20)22;/h4-7,15,20-21,23H,3,8-10H2,1-2H3;1H/q+1;/p-1. The highest BCUT2D eigenvalue weighted by Gasteiger charge is 2.51. The summed E-state index contributed by atoms with van der Waals surface area (Å²) in [7, 11) is 4.47. The molecular weight excluding hydrogens is 473 g/mol. The molecule has 0 amide bonds. The average Bonchev–Trinajstić information content (AvgIpc) is 3.25. The largest absolute Gasteiger partial charge is 1.00 e. The molecular formula is C21H22INO5. The third kappa shape index (κ3) is 2.45. The van der Waals surface area contributed by atoms with Crippen molar-refractivity contribution in [2.75, 3.05) is 27.7 Å². The van der Waals surface area contributed by atoms with Gasteiger partial charge in [0.2, 0.25) is 13.6 Å². The van der Waals surface area contributed by atoms with Gasteiger partial charge in [0.25, 0.3) is 0 Å². The van der Waals surface area contributed by atoms with Gasteiger partial charge in [-0.25, -0.2) is 0 Å². The lowest BCUT2D eigenvalue weighted by Crippen LogP contribution is -3.00. The van der Waals surface area contributed by atoms with Gasteiger partial charge in [0.1, 0.15) is 12.6 Å². The van der Waals surface area contributed by atoms with Crippen molar-refractivity contribution >= 4 is 0 Å². The number of benzene rings is 2. The lowest BCUT2D eigenvalue weighted by Gasteiger charge is -2.50. The smallest absolute Gasteiger partial charge is 0.231 e. The van der Waals surface area contributed by atoms with Crippen molar-refractivity contribution in [3.8, 4) is 23.0 Å². The molecule has 6 rings (SSSR count). The minimum atomic E-state index is -0.459. The molecule has 0 spiro atoms. The Labute approximate surface area is 180 Å². The second kappa shape index (κ2) is 6.14. The molecule has 0 saturated carbocycles. The van der Waals surface area contributed by atoms with Crippen LogP contribution in [0.15, 0.2) is 24.3 Å². The first kappa shape index (κ1) is 18.3. The minimum Gasteiger partial charge on any atom is -1.00 e. The molecule has 2 aromatic rings. The van der Waals surface area contributed by atoms with Gasteiger partial charge in [-0.15, -0.1) is 0 Å². The van der Waals surface area contributed by atoms with Crippen LogP contribution in [0.25, 0.3) is 0 Å². The summed E-state index contributed by atoms with van der Waals surface area (Å²) in [6, 6.07) is 8.49. The molecule has 1 N–H and O–H groups in total. The number of rotatable bonds is 0. The molecule has 6 nitrogen and oxygen atoms in total. The number of fused-ring (bicyclic) bond motifs is 7. The van der Waals surface area contributed by atoms with E-state index >= 15 is 0 Å². The number of aliphatic hydroxyl groups is 1. The van der Waals surface area contributed by atoms with Gasteiger partial charge in [-0.2, -0.15) is 0 Å². The molecule has 28 heavy (non-hydrogen) atoms. The number of quaternary nitrogens is 1. The molecule has 1 aliphatic carbocycles. The molecule has 3 atom stereocenters. The number of ether oxygens (including phenoxy) is 4. The molecule has 7 heteroatoms. The van der Waals surface area contributed by atoms with Crippen molar-refractivity contribution in [1.82, 2.24) is 0 Å². The van der Waals surface area contributed by atoms with Crippen LogP contribution in [-0.2, 0) is 13.0 Å². The van der Waals surface area contributed by atoms with Crippen molar-refractivity contribution in [1.29, 1.82) is 0 Å². The Hall–Kier alpha value is -1.71. The highest BCUT2D eigenvalue weighted by Crippen LogP contribution is 2.55. The highest BCUT2D eigenvalue weighted by molar-refractivity contribution is 5.55. The molecule has 3 aliphatic heterocycles. The summed E-state index contributed by atoms with van der Waals surface area (Å²) in [5.74, 6) is 3.18. The average molecular weight is 495 g/mol. The predicted molar refractivity (Wildman–Crippen MR) is 96.1 cm³/mol. The molecule has 0 bridgehead atoms. The van der Waals surface area contributed by atoms with Crippen LogP contribution in [0.4, 0.5) is 0 Å². The van der Waals surface area contributed by atoms with E-state index in [4.69, 9.17) is 18.9 Å². The summed E-state index contributed by atoms with van der Waals surface area (Å²) >= 11 is 0. The highest BCUT2D eigenvalue weighted by atomic mass is 127. The van der Waals surface area contributed by atoms with E-state index in [2.05, 4.69) is 32.3 Å². The van der Waals surface area contributed by atoms with Crippen molar-refractivity contribution in [2.45, 2.75) is 31.0 Å². The molecule has 0 radical (unpaired) electrons. The number of hydrogen-bond donors (Lipinski definition) is 1. The SMILES string of the molecule is C[N+]1(C)Cc2cc3c(cc2C2C(O)Cc4cc5c(cc4C21)OCO5)OCO3.[I-]. The van der Waals surface area contributed by atoms with Crippen LogP contribution in [0.3, 0.4) is 0 Å². The summed E-state index contributed by atoms with van der Waals surface area (Å²) < 4.78 is 23.2. The van der Waals surface area contributed by atoms with Gasteiger partial charge >= 0.3 is 0 Å². The second-order valence-corrected chi connectivity index (χ2v) is 8.49. The van der Waals surface area contributed by atoms with Crippen LogP contribution in [0.1, 0.15) is 34.2 Å². The van der Waals surface area contributed by atoms with Gasteiger partial charge in [0, 0.05) is 11.1 Å². The fourth-order valence-electron chi connectivity index (χ4n) is 5.38. The fourth-order valence-corrected chi connectivity index (χ4v) is 5.38. The zero-order valence-electron chi connectivity index (χ0n) is 15.8. The third-order valence-corrected chi connectivity index (χ3v) is 6.46. The Balaban J connectivity index is 0.00000171. The lowest BCUT2D eigenvalue weighted by atomic mass is 9.69. The van der Waals surface area contributed by atoms with Crippen molar-refractivity contribution < 1.29 is 52.5 Å². The normalized spacial score (nSPS) is 27.3. The zero-order chi connectivity index (χ0) is 18.3. The molecule has 3 heterocycles. The summed E-state index contributed by atoms with van der Waals surface area (Å²) in [6.07, 6.45) is 0.154. The maximum Gasteiger partial charge on any atom is 0.231 e. The predicted octanol–water partition coefficient (Wildman–Crippen LogP) is -0.520. The van der Waals surface area contributed by atoms with E-state index in [0.717, 1.165) is 39.6 Å². The van der Waals surface area contributed by atoms with E-state index in [-0.39, 0.29) is 49.5 Å². The fraction of sp³-hybridized carbons (Fsp3) is 0.429. The second-order valence-electron chi connectivity index (χ2n) is 8.49. The van der Waals surface area contributed by atoms with Crippen LogP contribution in [0.5, 0.6) is 23.0 Å². The number of nitrogens with zero attached hydrogens (tertiary/aromatic N) is 1. The summed E-state index contributed by atoms with van der Waals surface area (Å²) in [4.78, 5) is 0. The molecule has 2 aromatic carbocycles. The Morgan fingerprint density at radius 1 is 0.821 bits per heavy atom. The third-order valence-electron chi connectivity index (χ3n) is 6.46. The van der Waals surface area contributed by atoms with Crippen LogP contribution in [0.2, 0.25) is 0 Å². The van der Waals surface area contributed by atoms with E-state index in [1.807, 2.05) is 6.07 Å². The van der Waals surface area contributed by atoms with Crippen LogP contribution < -0.4 is 42.9 Å². The van der Waals surface area contributed by atoms with Crippen molar-refractivity contribution in [3.05, 3.63) is 46.5 Å². The van der Waals surface area contributed by atoms with E-state index in [9.17, 15) is 5.11 Å². The van der Waals surface area contributed by atoms with Gasteiger partial charge in [-0.05, 0) is 41.8 Å². The van der Waals surface area contributed by atoms with E-state index < -0.39 is 6.10 Å². The Morgan fingerprint density at radius 3 is 2.00 bits per heavy atom. The Morgan fingerprint density at radius 2 is 1.36 bits per heavy atom. The zero-order valence-corrected chi connectivity index (χ0v) is 17.9. The molecule has 0 fully saturated rings. The van der Waals surface area contributed by atoms with E-state index in [1.54, 1.807) is 0 Å². The topological polar surface area (TPSA) is 57.2 Å². The summed E-state index contributed by atoms with van der Waals surface area (Å²) in [5, 5.41) is 11.2. The first-order valence-electron chi connectivity index (χ1n) is 9.37. The number of aliphatic hydroxyl groups excluding tert-OH is 1. The first-order valence-corrected chi connectivity index (χ1v) is 9.37.